The molecule has 0 radical (unpaired) electrons. The molecule has 3 nitrogen and oxygen atoms in total. The lowest BCUT2D eigenvalue weighted by atomic mass is 9.93. The van der Waals surface area contributed by atoms with Gasteiger partial charge in [-0.2, -0.15) is 0 Å². The van der Waals surface area contributed by atoms with Crippen LogP contribution in [0.3, 0.4) is 0 Å². The van der Waals surface area contributed by atoms with Gasteiger partial charge in [0.25, 0.3) is 5.91 Å². The minimum Gasteiger partial charge on any atom is -0.398 e. The molecule has 0 aliphatic heterocycles. The smallest absolute Gasteiger partial charge is 0.254 e. The lowest BCUT2D eigenvalue weighted by Crippen LogP contribution is -2.41. The van der Waals surface area contributed by atoms with Crippen LogP contribution in [0.4, 0.5) is 5.69 Å². The number of anilines is 1. The summed E-state index contributed by atoms with van der Waals surface area (Å²) in [4.78, 5) is 14.9. The third kappa shape index (κ3) is 3.17. The van der Waals surface area contributed by atoms with E-state index in [1.165, 1.54) is 19.3 Å². The van der Waals surface area contributed by atoms with E-state index < -0.39 is 0 Å². The van der Waals surface area contributed by atoms with Gasteiger partial charge in [0.05, 0.1) is 0 Å². The standard InChI is InChI=1S/C16H23BrN2O/c1-3-19(13-7-5-4-6-8-13)16(20)14-9-12(17)10-15(18)11(14)2/h9-10,13H,3-8,18H2,1-2H3. The van der Waals surface area contributed by atoms with Gasteiger partial charge >= 0.3 is 0 Å². The van der Waals surface area contributed by atoms with Crippen molar-refractivity contribution >= 4 is 27.5 Å². The van der Waals surface area contributed by atoms with Crippen LogP contribution in [0.2, 0.25) is 0 Å². The molecule has 0 unspecified atom stereocenters. The molecule has 0 spiro atoms. The Labute approximate surface area is 129 Å². The lowest BCUT2D eigenvalue weighted by Gasteiger charge is -2.34. The van der Waals surface area contributed by atoms with E-state index in [2.05, 4.69) is 22.9 Å². The predicted molar refractivity (Wildman–Crippen MR) is 86.9 cm³/mol. The highest BCUT2D eigenvalue weighted by molar-refractivity contribution is 9.10. The second-order valence-corrected chi connectivity index (χ2v) is 6.47. The molecule has 110 valence electrons. The van der Waals surface area contributed by atoms with E-state index in [0.717, 1.165) is 35.0 Å². The number of benzene rings is 1. The number of halogens is 1. The molecule has 0 heterocycles. The first-order valence-electron chi connectivity index (χ1n) is 7.41. The molecule has 2 rings (SSSR count). The van der Waals surface area contributed by atoms with E-state index in [9.17, 15) is 4.79 Å². The van der Waals surface area contributed by atoms with Gasteiger partial charge in [0.1, 0.15) is 0 Å². The summed E-state index contributed by atoms with van der Waals surface area (Å²) in [5, 5.41) is 0. The Morgan fingerprint density at radius 2 is 2.00 bits per heavy atom. The lowest BCUT2D eigenvalue weighted by molar-refractivity contribution is 0.0647. The van der Waals surface area contributed by atoms with Gasteiger partial charge < -0.3 is 10.6 Å². The fourth-order valence-electron chi connectivity index (χ4n) is 3.04. The third-order valence-corrected chi connectivity index (χ3v) is 4.72. The monoisotopic (exact) mass is 338 g/mol. The van der Waals surface area contributed by atoms with E-state index >= 15 is 0 Å². The van der Waals surface area contributed by atoms with Gasteiger partial charge in [-0.3, -0.25) is 4.79 Å². The highest BCUT2D eigenvalue weighted by Gasteiger charge is 2.26. The third-order valence-electron chi connectivity index (χ3n) is 4.26. The maximum absolute atomic E-state index is 12.8. The van der Waals surface area contributed by atoms with E-state index in [0.29, 0.717) is 11.7 Å². The molecule has 0 saturated heterocycles. The van der Waals surface area contributed by atoms with Crippen molar-refractivity contribution in [2.75, 3.05) is 12.3 Å². The van der Waals surface area contributed by atoms with E-state index in [4.69, 9.17) is 5.73 Å². The first kappa shape index (κ1) is 15.4. The topological polar surface area (TPSA) is 46.3 Å². The molecule has 1 aliphatic rings. The molecule has 4 heteroatoms. The first-order valence-corrected chi connectivity index (χ1v) is 8.20. The zero-order valence-electron chi connectivity index (χ0n) is 12.3. The highest BCUT2D eigenvalue weighted by atomic mass is 79.9. The minimum absolute atomic E-state index is 0.116. The van der Waals surface area contributed by atoms with Gasteiger partial charge in [0.2, 0.25) is 0 Å². The summed E-state index contributed by atoms with van der Waals surface area (Å²) in [6.07, 6.45) is 6.01. The van der Waals surface area contributed by atoms with Crippen LogP contribution in [0.5, 0.6) is 0 Å². The molecule has 1 aromatic carbocycles. The number of hydrogen-bond donors (Lipinski definition) is 1. The molecule has 20 heavy (non-hydrogen) atoms. The Bertz CT molecular complexity index is 495. The summed E-state index contributed by atoms with van der Waals surface area (Å²) in [7, 11) is 0. The number of amides is 1. The van der Waals surface area contributed by atoms with Crippen LogP contribution >= 0.6 is 15.9 Å². The molecular weight excluding hydrogens is 316 g/mol. The van der Waals surface area contributed by atoms with Crippen molar-refractivity contribution in [3.8, 4) is 0 Å². The van der Waals surface area contributed by atoms with Crippen molar-refractivity contribution in [2.24, 2.45) is 0 Å². The van der Waals surface area contributed by atoms with Crippen molar-refractivity contribution in [3.63, 3.8) is 0 Å². The SMILES string of the molecule is CCN(C(=O)c1cc(Br)cc(N)c1C)C1CCCCC1. The average Bonchev–Trinajstić information content (AvgIpc) is 2.44. The molecule has 2 N–H and O–H groups in total. The Kier molecular flexibility index (Phi) is 5.08. The van der Waals surface area contributed by atoms with E-state index in [1.807, 2.05) is 24.0 Å². The van der Waals surface area contributed by atoms with Crippen molar-refractivity contribution in [3.05, 3.63) is 27.7 Å². The zero-order valence-corrected chi connectivity index (χ0v) is 13.9. The summed E-state index contributed by atoms with van der Waals surface area (Å²) in [6.45, 7) is 4.74. The maximum atomic E-state index is 12.8. The van der Waals surface area contributed by atoms with Gasteiger partial charge in [-0.15, -0.1) is 0 Å². The Morgan fingerprint density at radius 1 is 1.35 bits per heavy atom. The summed E-state index contributed by atoms with van der Waals surface area (Å²) in [5.41, 5.74) is 8.26. The van der Waals surface area contributed by atoms with Crippen molar-refractivity contribution in [1.82, 2.24) is 4.90 Å². The number of nitrogen functional groups attached to an aromatic ring is 1. The number of carbonyl (C=O) groups excluding carboxylic acids is 1. The van der Waals surface area contributed by atoms with Crippen molar-refractivity contribution < 1.29 is 4.79 Å². The van der Waals surface area contributed by atoms with Crippen LogP contribution in [0.1, 0.15) is 54.9 Å². The van der Waals surface area contributed by atoms with Gasteiger partial charge in [0, 0.05) is 28.3 Å². The molecule has 0 aromatic heterocycles. The largest absolute Gasteiger partial charge is 0.398 e. The highest BCUT2D eigenvalue weighted by Crippen LogP contribution is 2.27. The Balaban J connectivity index is 2.28. The maximum Gasteiger partial charge on any atom is 0.254 e. The molecule has 1 amide bonds. The molecule has 1 fully saturated rings. The van der Waals surface area contributed by atoms with Crippen LogP contribution in [0, 0.1) is 6.92 Å². The summed E-state index contributed by atoms with van der Waals surface area (Å²) >= 11 is 3.43. The molecule has 1 saturated carbocycles. The Morgan fingerprint density at radius 3 is 2.60 bits per heavy atom. The van der Waals surface area contributed by atoms with Gasteiger partial charge in [-0.1, -0.05) is 35.2 Å². The molecule has 1 aromatic rings. The van der Waals surface area contributed by atoms with E-state index in [1.54, 1.807) is 0 Å². The van der Waals surface area contributed by atoms with Crippen LogP contribution in [-0.2, 0) is 0 Å². The zero-order chi connectivity index (χ0) is 14.7. The summed E-state index contributed by atoms with van der Waals surface area (Å²) in [6, 6.07) is 4.13. The van der Waals surface area contributed by atoms with Crippen LogP contribution in [0.15, 0.2) is 16.6 Å². The number of carbonyl (C=O) groups is 1. The van der Waals surface area contributed by atoms with E-state index in [-0.39, 0.29) is 5.91 Å². The summed E-state index contributed by atoms with van der Waals surface area (Å²) in [5.74, 6) is 0.116. The quantitative estimate of drug-likeness (QED) is 0.842. The normalized spacial score (nSPS) is 16.1. The fourth-order valence-corrected chi connectivity index (χ4v) is 3.51. The van der Waals surface area contributed by atoms with Crippen molar-refractivity contribution in [2.45, 2.75) is 52.0 Å². The molecule has 1 aliphatic carbocycles. The van der Waals surface area contributed by atoms with Gasteiger partial charge in [0.15, 0.2) is 0 Å². The van der Waals surface area contributed by atoms with Crippen molar-refractivity contribution in [1.29, 1.82) is 0 Å². The fraction of sp³-hybridized carbons (Fsp3) is 0.562. The second-order valence-electron chi connectivity index (χ2n) is 5.55. The minimum atomic E-state index is 0.116. The second kappa shape index (κ2) is 6.61. The van der Waals surface area contributed by atoms with Gasteiger partial charge in [-0.25, -0.2) is 0 Å². The molecule has 0 atom stereocenters. The van der Waals surface area contributed by atoms with Crippen LogP contribution < -0.4 is 5.73 Å². The number of nitrogens with two attached hydrogens (primary N) is 1. The van der Waals surface area contributed by atoms with Crippen LogP contribution in [-0.4, -0.2) is 23.4 Å². The van der Waals surface area contributed by atoms with Crippen LogP contribution in [0.25, 0.3) is 0 Å². The summed E-state index contributed by atoms with van der Waals surface area (Å²) < 4.78 is 0.864. The number of rotatable bonds is 3. The predicted octanol–water partition coefficient (Wildman–Crippen LogP) is 4.13. The Hall–Kier alpha value is -1.03. The average molecular weight is 339 g/mol. The number of hydrogen-bond acceptors (Lipinski definition) is 2. The number of nitrogens with zero attached hydrogens (tertiary/aromatic N) is 1. The van der Waals surface area contributed by atoms with Gasteiger partial charge in [-0.05, 0) is 44.4 Å². The molecule has 0 bridgehead atoms. The molecular formula is C16H23BrN2O. The first-order chi connectivity index (χ1) is 9.54.